The van der Waals surface area contributed by atoms with Gasteiger partial charge in [0.05, 0.1) is 12.6 Å². The Labute approximate surface area is 135 Å². The van der Waals surface area contributed by atoms with Crippen molar-refractivity contribution in [2.45, 2.75) is 32.4 Å². The van der Waals surface area contributed by atoms with E-state index in [1.54, 1.807) is 0 Å². The highest BCUT2D eigenvalue weighted by molar-refractivity contribution is 5.91. The highest BCUT2D eigenvalue weighted by Crippen LogP contribution is 2.05. The summed E-state index contributed by atoms with van der Waals surface area (Å²) >= 11 is 0. The van der Waals surface area contributed by atoms with Gasteiger partial charge in [0, 0.05) is 6.42 Å². The maximum atomic E-state index is 12.2. The molecule has 0 heterocycles. The Hall–Kier alpha value is -2.41. The lowest BCUT2D eigenvalue weighted by Gasteiger charge is -2.22. The third-order valence-corrected chi connectivity index (χ3v) is 3.37. The molecule has 2 atom stereocenters. The van der Waals surface area contributed by atoms with Crippen LogP contribution in [0.3, 0.4) is 0 Å². The van der Waals surface area contributed by atoms with Crippen molar-refractivity contribution in [3.63, 3.8) is 0 Å². The van der Waals surface area contributed by atoms with E-state index in [1.165, 1.54) is 0 Å². The minimum absolute atomic E-state index is 0.0546. The Morgan fingerprint density at radius 1 is 1.09 bits per heavy atom. The minimum atomic E-state index is -0.825. The molecular formula is C16H24N4O3. The molecule has 0 radical (unpaired) electrons. The van der Waals surface area contributed by atoms with E-state index in [-0.39, 0.29) is 12.5 Å². The van der Waals surface area contributed by atoms with Crippen molar-refractivity contribution in [2.75, 3.05) is 6.54 Å². The zero-order valence-electron chi connectivity index (χ0n) is 13.4. The molecule has 0 unspecified atom stereocenters. The summed E-state index contributed by atoms with van der Waals surface area (Å²) in [5, 5.41) is 5.05. The van der Waals surface area contributed by atoms with Gasteiger partial charge in [-0.1, -0.05) is 44.2 Å². The van der Waals surface area contributed by atoms with Crippen molar-refractivity contribution in [3.05, 3.63) is 35.9 Å². The summed E-state index contributed by atoms with van der Waals surface area (Å²) in [7, 11) is 0. The lowest BCUT2D eigenvalue weighted by atomic mass is 10.0. The van der Waals surface area contributed by atoms with Crippen LogP contribution < -0.4 is 22.1 Å². The van der Waals surface area contributed by atoms with E-state index in [4.69, 9.17) is 11.5 Å². The Balaban J connectivity index is 2.81. The van der Waals surface area contributed by atoms with Crippen molar-refractivity contribution in [1.29, 1.82) is 0 Å². The number of nitrogens with one attached hydrogen (secondary N) is 2. The summed E-state index contributed by atoms with van der Waals surface area (Å²) in [6, 6.07) is 7.71. The molecule has 1 rings (SSSR count). The molecule has 1 aromatic carbocycles. The fraction of sp³-hybridized carbons (Fsp3) is 0.438. The molecule has 23 heavy (non-hydrogen) atoms. The molecule has 6 N–H and O–H groups in total. The van der Waals surface area contributed by atoms with Crippen LogP contribution in [-0.4, -0.2) is 36.3 Å². The monoisotopic (exact) mass is 320 g/mol. The number of hydrogen-bond acceptors (Lipinski definition) is 4. The fourth-order valence-corrected chi connectivity index (χ4v) is 1.93. The number of rotatable bonds is 8. The van der Waals surface area contributed by atoms with Crippen LogP contribution in [0.1, 0.15) is 19.4 Å². The van der Waals surface area contributed by atoms with Gasteiger partial charge in [-0.15, -0.1) is 0 Å². The highest BCUT2D eigenvalue weighted by Gasteiger charge is 2.25. The molecule has 0 aliphatic carbocycles. The highest BCUT2D eigenvalue weighted by atomic mass is 16.2. The Bertz CT molecular complexity index is 546. The molecule has 3 amide bonds. The van der Waals surface area contributed by atoms with Crippen LogP contribution in [0.15, 0.2) is 30.3 Å². The Kier molecular flexibility index (Phi) is 7.21. The normalized spacial score (nSPS) is 13.2. The van der Waals surface area contributed by atoms with Crippen LogP contribution in [0.4, 0.5) is 0 Å². The van der Waals surface area contributed by atoms with Crippen LogP contribution in [0.25, 0.3) is 0 Å². The minimum Gasteiger partial charge on any atom is -0.368 e. The Morgan fingerprint density at radius 3 is 2.22 bits per heavy atom. The van der Waals surface area contributed by atoms with Gasteiger partial charge in [-0.2, -0.15) is 0 Å². The first kappa shape index (κ1) is 18.6. The van der Waals surface area contributed by atoms with Crippen LogP contribution in [0.2, 0.25) is 0 Å². The number of amides is 3. The standard InChI is InChI=1S/C16H24N4O3/c1-10(2)14(18)16(23)20-12(15(22)19-9-13(17)21)8-11-6-4-3-5-7-11/h3-7,10,12,14H,8-9,18H2,1-2H3,(H2,17,21)(H,19,22)(H,20,23)/t12-,14-/m0/s1. The fourth-order valence-electron chi connectivity index (χ4n) is 1.93. The van der Waals surface area contributed by atoms with E-state index < -0.39 is 29.8 Å². The quantitative estimate of drug-likeness (QED) is 0.505. The molecule has 0 bridgehead atoms. The lowest BCUT2D eigenvalue weighted by Crippen LogP contribution is -2.54. The first-order valence-corrected chi connectivity index (χ1v) is 7.47. The zero-order valence-corrected chi connectivity index (χ0v) is 13.4. The van der Waals surface area contributed by atoms with E-state index in [0.717, 1.165) is 5.56 Å². The summed E-state index contributed by atoms with van der Waals surface area (Å²) in [6.45, 7) is 3.36. The van der Waals surface area contributed by atoms with Crippen LogP contribution in [-0.2, 0) is 20.8 Å². The first-order valence-electron chi connectivity index (χ1n) is 7.47. The molecule has 0 aliphatic rings. The maximum absolute atomic E-state index is 12.2. The molecule has 7 heteroatoms. The second-order valence-corrected chi connectivity index (χ2v) is 5.70. The average molecular weight is 320 g/mol. The van der Waals surface area contributed by atoms with Gasteiger partial charge in [0.1, 0.15) is 6.04 Å². The molecule has 0 aromatic heterocycles. The zero-order chi connectivity index (χ0) is 17.4. The number of hydrogen-bond donors (Lipinski definition) is 4. The molecule has 0 saturated heterocycles. The summed E-state index contributed by atoms with van der Waals surface area (Å²) in [5.41, 5.74) is 11.7. The molecule has 0 aliphatic heterocycles. The van der Waals surface area contributed by atoms with E-state index >= 15 is 0 Å². The van der Waals surface area contributed by atoms with Crippen LogP contribution in [0.5, 0.6) is 0 Å². The molecule has 0 spiro atoms. The predicted molar refractivity (Wildman–Crippen MR) is 87.1 cm³/mol. The van der Waals surface area contributed by atoms with Gasteiger partial charge < -0.3 is 22.1 Å². The van der Waals surface area contributed by atoms with E-state index in [0.29, 0.717) is 6.42 Å². The van der Waals surface area contributed by atoms with Gasteiger partial charge in [0.15, 0.2) is 0 Å². The van der Waals surface area contributed by atoms with Crippen molar-refractivity contribution in [3.8, 4) is 0 Å². The van der Waals surface area contributed by atoms with Crippen molar-refractivity contribution < 1.29 is 14.4 Å². The molecular weight excluding hydrogens is 296 g/mol. The van der Waals surface area contributed by atoms with Gasteiger partial charge in [0.2, 0.25) is 17.7 Å². The van der Waals surface area contributed by atoms with Crippen molar-refractivity contribution in [1.82, 2.24) is 10.6 Å². The summed E-state index contributed by atoms with van der Waals surface area (Å²) in [5.74, 6) is -1.59. The molecule has 1 aromatic rings. The van der Waals surface area contributed by atoms with Gasteiger partial charge in [-0.25, -0.2) is 0 Å². The number of primary amides is 1. The molecule has 126 valence electrons. The van der Waals surface area contributed by atoms with Crippen molar-refractivity contribution in [2.24, 2.45) is 17.4 Å². The van der Waals surface area contributed by atoms with Gasteiger partial charge >= 0.3 is 0 Å². The third kappa shape index (κ3) is 6.48. The first-order chi connectivity index (χ1) is 10.8. The lowest BCUT2D eigenvalue weighted by molar-refractivity contribution is -0.130. The van der Waals surface area contributed by atoms with Crippen molar-refractivity contribution >= 4 is 17.7 Å². The predicted octanol–water partition coefficient (Wildman–Crippen LogP) is -0.701. The second-order valence-electron chi connectivity index (χ2n) is 5.70. The second kappa shape index (κ2) is 8.89. The van der Waals surface area contributed by atoms with Crippen LogP contribution >= 0.6 is 0 Å². The van der Waals surface area contributed by atoms with E-state index in [2.05, 4.69) is 10.6 Å². The Morgan fingerprint density at radius 2 is 1.70 bits per heavy atom. The molecule has 0 fully saturated rings. The molecule has 7 nitrogen and oxygen atoms in total. The summed E-state index contributed by atoms with van der Waals surface area (Å²) in [6.07, 6.45) is 0.294. The number of nitrogens with two attached hydrogens (primary N) is 2. The summed E-state index contributed by atoms with van der Waals surface area (Å²) < 4.78 is 0. The topological polar surface area (TPSA) is 127 Å². The van der Waals surface area contributed by atoms with Crippen LogP contribution in [0, 0.1) is 5.92 Å². The largest absolute Gasteiger partial charge is 0.368 e. The maximum Gasteiger partial charge on any atom is 0.243 e. The number of carbonyl (C=O) groups excluding carboxylic acids is 3. The van der Waals surface area contributed by atoms with E-state index in [9.17, 15) is 14.4 Å². The van der Waals surface area contributed by atoms with E-state index in [1.807, 2.05) is 44.2 Å². The third-order valence-electron chi connectivity index (χ3n) is 3.37. The van der Waals surface area contributed by atoms with Gasteiger partial charge in [-0.3, -0.25) is 14.4 Å². The smallest absolute Gasteiger partial charge is 0.243 e. The average Bonchev–Trinajstić information content (AvgIpc) is 2.51. The SMILES string of the molecule is CC(C)[C@H](N)C(=O)N[C@@H](Cc1ccccc1)C(=O)NCC(N)=O. The number of carbonyl (C=O) groups is 3. The summed E-state index contributed by atoms with van der Waals surface area (Å²) in [4.78, 5) is 35.1. The molecule has 0 saturated carbocycles. The van der Waals surface area contributed by atoms with Gasteiger partial charge in [-0.05, 0) is 11.5 Å². The van der Waals surface area contributed by atoms with Gasteiger partial charge in [0.25, 0.3) is 0 Å². The number of benzene rings is 1.